The average molecular weight is 434 g/mol. The van der Waals surface area contributed by atoms with Gasteiger partial charge in [0.05, 0.1) is 0 Å². The molecule has 0 atom stereocenters. The number of halogens is 6. The van der Waals surface area contributed by atoms with Crippen molar-refractivity contribution in [3.05, 3.63) is 0 Å². The number of ether oxygens (including phenoxy) is 1. The van der Waals surface area contributed by atoms with Gasteiger partial charge in [-0.3, -0.25) is 4.79 Å². The molecule has 0 amide bonds. The van der Waals surface area contributed by atoms with Gasteiger partial charge < -0.3 is 4.74 Å². The van der Waals surface area contributed by atoms with E-state index in [-0.39, 0.29) is 6.42 Å². The van der Waals surface area contributed by atoms with Crippen LogP contribution >= 0.6 is 39.7 Å². The zero-order valence-electron chi connectivity index (χ0n) is 13.7. The van der Waals surface area contributed by atoms with E-state index in [9.17, 15) is 18.0 Å². The highest BCUT2D eigenvalue weighted by atomic mass is 36.2. The summed E-state index contributed by atoms with van der Waals surface area (Å²) >= 11 is 0. The van der Waals surface area contributed by atoms with E-state index < -0.39 is 26.4 Å². The van der Waals surface area contributed by atoms with Crippen LogP contribution in [0.5, 0.6) is 0 Å². The Morgan fingerprint density at radius 1 is 0.792 bits per heavy atom. The van der Waals surface area contributed by atoms with Crippen molar-refractivity contribution in [2.24, 2.45) is 0 Å². The van der Waals surface area contributed by atoms with Gasteiger partial charge in [-0.15, -0.1) is 0 Å². The van der Waals surface area contributed by atoms with Crippen LogP contribution in [0.15, 0.2) is 0 Å². The molecule has 0 heterocycles. The molecule has 0 saturated heterocycles. The summed E-state index contributed by atoms with van der Waals surface area (Å²) in [7, 11) is 15.3. The summed E-state index contributed by atoms with van der Waals surface area (Å²) in [6.07, 6.45) is 5.74. The minimum atomic E-state index is -4.45. The molecular formula is C15H26Cl3F3O2S. The molecule has 0 aromatic rings. The van der Waals surface area contributed by atoms with Crippen molar-refractivity contribution >= 4 is 45.7 Å². The topological polar surface area (TPSA) is 26.3 Å². The second-order valence-electron chi connectivity index (χ2n) is 5.77. The lowest BCUT2D eigenvalue weighted by Gasteiger charge is -2.14. The summed E-state index contributed by atoms with van der Waals surface area (Å²) in [5.74, 6) is -0.104. The fourth-order valence-electron chi connectivity index (χ4n) is 2.18. The lowest BCUT2D eigenvalue weighted by atomic mass is 10.1. The van der Waals surface area contributed by atoms with Crippen molar-refractivity contribution in [2.75, 3.05) is 12.4 Å². The molecule has 0 spiro atoms. The maximum atomic E-state index is 11.8. The first-order valence-corrected chi connectivity index (χ1v) is 12.5. The van der Waals surface area contributed by atoms with Crippen molar-refractivity contribution in [1.82, 2.24) is 0 Å². The summed E-state index contributed by atoms with van der Waals surface area (Å²) in [5, 5.41) is 0. The maximum Gasteiger partial charge on any atom is 0.422 e. The molecule has 0 aliphatic heterocycles. The molecule has 0 aliphatic carbocycles. The number of hydrogen-bond acceptors (Lipinski definition) is 2. The van der Waals surface area contributed by atoms with Gasteiger partial charge in [0.1, 0.15) is 0 Å². The van der Waals surface area contributed by atoms with Gasteiger partial charge in [-0.1, -0.05) is 51.4 Å². The van der Waals surface area contributed by atoms with Crippen molar-refractivity contribution in [3.8, 4) is 0 Å². The van der Waals surface area contributed by atoms with Crippen LogP contribution < -0.4 is 0 Å². The van der Waals surface area contributed by atoms with Gasteiger partial charge >= 0.3 is 12.1 Å². The maximum absolute atomic E-state index is 11.8. The van der Waals surface area contributed by atoms with Crippen LogP contribution in [0.3, 0.4) is 0 Å². The SMILES string of the molecule is O=C(CCCCCCCCCCCCS(Cl)(Cl)Cl)OCC(F)(F)F. The molecule has 0 radical (unpaired) electrons. The second-order valence-corrected chi connectivity index (χ2v) is 13.3. The van der Waals surface area contributed by atoms with Crippen LogP contribution in [0.4, 0.5) is 13.2 Å². The molecule has 0 fully saturated rings. The van der Waals surface area contributed by atoms with Crippen LogP contribution in [0.1, 0.15) is 70.6 Å². The summed E-state index contributed by atoms with van der Waals surface area (Å²) in [4.78, 5) is 11.1. The Hall–Kier alpha value is 0.480. The van der Waals surface area contributed by atoms with Crippen LogP contribution in [0.25, 0.3) is 0 Å². The molecule has 0 rings (SSSR count). The van der Waals surface area contributed by atoms with Crippen LogP contribution in [-0.4, -0.2) is 24.5 Å². The zero-order chi connectivity index (χ0) is 18.5. The average Bonchev–Trinajstić information content (AvgIpc) is 2.44. The number of carbonyl (C=O) groups excluding carboxylic acids is 1. The first-order chi connectivity index (χ1) is 11.1. The van der Waals surface area contributed by atoms with E-state index in [1.54, 1.807) is 0 Å². The lowest BCUT2D eigenvalue weighted by molar-refractivity contribution is -0.186. The van der Waals surface area contributed by atoms with Gasteiger partial charge in [-0.25, -0.2) is 0 Å². The highest BCUT2D eigenvalue weighted by Gasteiger charge is 2.29. The Balaban J connectivity index is 3.24. The Morgan fingerprint density at radius 2 is 1.21 bits per heavy atom. The number of alkyl halides is 3. The van der Waals surface area contributed by atoms with E-state index in [0.29, 0.717) is 12.2 Å². The van der Waals surface area contributed by atoms with E-state index >= 15 is 0 Å². The summed E-state index contributed by atoms with van der Waals surface area (Å²) in [6, 6.07) is 0. The van der Waals surface area contributed by atoms with Gasteiger partial charge in [-0.2, -0.15) is 13.2 Å². The van der Waals surface area contributed by atoms with Crippen molar-refractivity contribution in [2.45, 2.75) is 76.8 Å². The third-order valence-corrected chi connectivity index (χ3v) is 5.54. The second kappa shape index (κ2) is 13.7. The van der Waals surface area contributed by atoms with E-state index in [1.165, 1.54) is 6.42 Å². The molecule has 146 valence electrons. The number of hydrogen-bond donors (Lipinski definition) is 0. The summed E-state index contributed by atoms with van der Waals surface area (Å²) in [6.45, 7) is -1.49. The third-order valence-electron chi connectivity index (χ3n) is 3.40. The minimum absolute atomic E-state index is 0.0568. The fourth-order valence-corrected chi connectivity index (χ4v) is 3.70. The van der Waals surface area contributed by atoms with E-state index in [2.05, 4.69) is 4.74 Å². The molecule has 0 aromatic heterocycles. The van der Waals surface area contributed by atoms with Gasteiger partial charge in [0.15, 0.2) is 6.61 Å². The molecule has 9 heteroatoms. The molecule has 0 saturated carbocycles. The standard InChI is InChI=1S/C15H26Cl3F3O2S/c16-24(17,18)12-10-8-6-4-2-1-3-5-7-9-11-14(22)23-13-15(19,20)21/h1-13H2. The van der Waals surface area contributed by atoms with Crippen LogP contribution in [0, 0.1) is 0 Å². The van der Waals surface area contributed by atoms with Crippen molar-refractivity contribution in [1.29, 1.82) is 0 Å². The molecule has 2 nitrogen and oxygen atoms in total. The highest BCUT2D eigenvalue weighted by Crippen LogP contribution is 2.63. The molecular weight excluding hydrogens is 408 g/mol. The van der Waals surface area contributed by atoms with Gasteiger partial charge in [-0.05, 0) is 52.6 Å². The van der Waals surface area contributed by atoms with Gasteiger partial charge in [0, 0.05) is 12.2 Å². The van der Waals surface area contributed by atoms with E-state index in [0.717, 1.165) is 51.4 Å². The summed E-state index contributed by atoms with van der Waals surface area (Å²) in [5.41, 5.74) is 0. The molecule has 0 aromatic carbocycles. The normalized spacial score (nSPS) is 13.1. The monoisotopic (exact) mass is 432 g/mol. The predicted molar refractivity (Wildman–Crippen MR) is 97.8 cm³/mol. The van der Waals surface area contributed by atoms with Gasteiger partial charge in [0.25, 0.3) is 0 Å². The van der Waals surface area contributed by atoms with E-state index in [4.69, 9.17) is 32.0 Å². The number of esters is 1. The Bertz CT molecular complexity index is 337. The molecule has 24 heavy (non-hydrogen) atoms. The molecule has 0 unspecified atom stereocenters. The quantitative estimate of drug-likeness (QED) is 0.208. The third kappa shape index (κ3) is 20.5. The summed E-state index contributed by atoms with van der Waals surface area (Å²) < 4.78 is 39.6. The minimum Gasteiger partial charge on any atom is -0.456 e. The van der Waals surface area contributed by atoms with Gasteiger partial charge in [0.2, 0.25) is 0 Å². The first-order valence-electron chi connectivity index (χ1n) is 8.22. The highest BCUT2D eigenvalue weighted by molar-refractivity contribution is 8.79. The van der Waals surface area contributed by atoms with Crippen LogP contribution in [-0.2, 0) is 9.53 Å². The zero-order valence-corrected chi connectivity index (χ0v) is 16.8. The first kappa shape index (κ1) is 24.5. The molecule has 0 aliphatic rings. The van der Waals surface area contributed by atoms with Crippen LogP contribution in [0.2, 0.25) is 0 Å². The largest absolute Gasteiger partial charge is 0.456 e. The lowest BCUT2D eigenvalue weighted by Crippen LogP contribution is -2.20. The smallest absolute Gasteiger partial charge is 0.422 e. The Labute approximate surface area is 157 Å². The van der Waals surface area contributed by atoms with Crippen molar-refractivity contribution in [3.63, 3.8) is 0 Å². The Kier molecular flexibility index (Phi) is 13.9. The number of unbranched alkanes of at least 4 members (excludes halogenated alkanes) is 9. The Morgan fingerprint density at radius 3 is 1.62 bits per heavy atom. The van der Waals surface area contributed by atoms with Crippen molar-refractivity contribution < 1.29 is 22.7 Å². The predicted octanol–water partition coefficient (Wildman–Crippen LogP) is 7.65. The van der Waals surface area contributed by atoms with E-state index in [1.807, 2.05) is 0 Å². The fraction of sp³-hybridized carbons (Fsp3) is 0.933. The molecule has 0 N–H and O–H groups in total. The molecule has 0 bridgehead atoms. The number of carbonyl (C=O) groups is 1. The number of rotatable bonds is 14.